The van der Waals surface area contributed by atoms with Crippen LogP contribution in [0.1, 0.15) is 16.7 Å². The van der Waals surface area contributed by atoms with E-state index in [4.69, 9.17) is 0 Å². The molecule has 0 spiro atoms. The van der Waals surface area contributed by atoms with Crippen LogP contribution in [0, 0.1) is 12.7 Å². The molecule has 0 saturated carbocycles. The molecule has 0 nitrogen and oxygen atoms in total. The van der Waals surface area contributed by atoms with Crippen LogP contribution in [0.4, 0.5) is 4.39 Å². The Morgan fingerprint density at radius 1 is 1.06 bits per heavy atom. The lowest BCUT2D eigenvalue weighted by Crippen LogP contribution is -1.90. The first-order valence-corrected chi connectivity index (χ1v) is 5.19. The standard InChI is InChI=1S/C15H13F/c1-11-10-14(16)8-9-15(11)12(2)13-6-4-3-5-7-13/h3-10H,2H2,1H3. The largest absolute Gasteiger partial charge is 0.207 e. The highest BCUT2D eigenvalue weighted by molar-refractivity contribution is 5.79. The maximum absolute atomic E-state index is 13.0. The molecule has 80 valence electrons. The fraction of sp³-hybridized carbons (Fsp3) is 0.0667. The molecule has 0 heterocycles. The van der Waals surface area contributed by atoms with Gasteiger partial charge in [0.2, 0.25) is 0 Å². The van der Waals surface area contributed by atoms with Gasteiger partial charge in [0.05, 0.1) is 0 Å². The number of rotatable bonds is 2. The maximum Gasteiger partial charge on any atom is 0.123 e. The van der Waals surface area contributed by atoms with E-state index in [-0.39, 0.29) is 5.82 Å². The summed E-state index contributed by atoms with van der Waals surface area (Å²) in [5, 5.41) is 0. The molecule has 0 unspecified atom stereocenters. The number of hydrogen-bond acceptors (Lipinski definition) is 0. The Kier molecular flexibility index (Phi) is 2.86. The average Bonchev–Trinajstić information content (AvgIpc) is 2.29. The van der Waals surface area contributed by atoms with Crippen molar-refractivity contribution in [2.24, 2.45) is 0 Å². The molecule has 2 aromatic carbocycles. The first-order chi connectivity index (χ1) is 7.68. The average molecular weight is 212 g/mol. The minimum atomic E-state index is -0.206. The molecule has 2 rings (SSSR count). The van der Waals surface area contributed by atoms with E-state index < -0.39 is 0 Å². The summed E-state index contributed by atoms with van der Waals surface area (Å²) in [6.07, 6.45) is 0. The lowest BCUT2D eigenvalue weighted by molar-refractivity contribution is 0.626. The molecule has 0 atom stereocenters. The lowest BCUT2D eigenvalue weighted by atomic mass is 9.96. The molecule has 0 aromatic heterocycles. The Morgan fingerprint density at radius 2 is 1.75 bits per heavy atom. The number of halogens is 1. The minimum absolute atomic E-state index is 0.206. The van der Waals surface area contributed by atoms with Gasteiger partial charge in [-0.15, -0.1) is 0 Å². The van der Waals surface area contributed by atoms with Crippen molar-refractivity contribution in [2.75, 3.05) is 0 Å². The van der Waals surface area contributed by atoms with Gasteiger partial charge in [-0.3, -0.25) is 0 Å². The zero-order chi connectivity index (χ0) is 11.5. The summed E-state index contributed by atoms with van der Waals surface area (Å²) in [7, 11) is 0. The third-order valence-electron chi connectivity index (χ3n) is 2.64. The quantitative estimate of drug-likeness (QED) is 0.700. The van der Waals surface area contributed by atoms with Crippen molar-refractivity contribution < 1.29 is 4.39 Å². The van der Waals surface area contributed by atoms with E-state index in [9.17, 15) is 4.39 Å². The van der Waals surface area contributed by atoms with Gasteiger partial charge in [-0.1, -0.05) is 43.0 Å². The fourth-order valence-electron chi connectivity index (χ4n) is 1.76. The molecule has 0 bridgehead atoms. The highest BCUT2D eigenvalue weighted by Gasteiger charge is 2.05. The first kappa shape index (κ1) is 10.6. The third-order valence-corrected chi connectivity index (χ3v) is 2.64. The Morgan fingerprint density at radius 3 is 2.38 bits per heavy atom. The Balaban J connectivity index is 2.42. The van der Waals surface area contributed by atoms with Gasteiger partial charge in [0.25, 0.3) is 0 Å². The van der Waals surface area contributed by atoms with Crippen molar-refractivity contribution in [3.05, 3.63) is 77.6 Å². The Labute approximate surface area is 95.1 Å². The zero-order valence-electron chi connectivity index (χ0n) is 9.20. The van der Waals surface area contributed by atoms with Gasteiger partial charge < -0.3 is 0 Å². The van der Waals surface area contributed by atoms with Crippen LogP contribution in [0.15, 0.2) is 55.1 Å². The van der Waals surface area contributed by atoms with Gasteiger partial charge in [-0.2, -0.15) is 0 Å². The monoisotopic (exact) mass is 212 g/mol. The van der Waals surface area contributed by atoms with Crippen LogP contribution in [-0.2, 0) is 0 Å². The van der Waals surface area contributed by atoms with Gasteiger partial charge in [0, 0.05) is 0 Å². The first-order valence-electron chi connectivity index (χ1n) is 5.19. The Bertz CT molecular complexity index is 512. The van der Waals surface area contributed by atoms with Gasteiger partial charge in [-0.25, -0.2) is 4.39 Å². The van der Waals surface area contributed by atoms with E-state index in [0.29, 0.717) is 0 Å². The SMILES string of the molecule is C=C(c1ccccc1)c1ccc(F)cc1C. The molecule has 0 fully saturated rings. The van der Waals surface area contributed by atoms with Crippen LogP contribution in [0.5, 0.6) is 0 Å². The molecule has 0 aliphatic heterocycles. The lowest BCUT2D eigenvalue weighted by Gasteiger charge is -2.09. The van der Waals surface area contributed by atoms with Crippen molar-refractivity contribution in [3.8, 4) is 0 Å². The molecular weight excluding hydrogens is 199 g/mol. The molecule has 0 saturated heterocycles. The van der Waals surface area contributed by atoms with E-state index in [1.54, 1.807) is 6.07 Å². The smallest absolute Gasteiger partial charge is 0.123 e. The van der Waals surface area contributed by atoms with Crippen molar-refractivity contribution in [3.63, 3.8) is 0 Å². The van der Waals surface area contributed by atoms with E-state index in [0.717, 1.165) is 22.3 Å². The molecule has 0 N–H and O–H groups in total. The number of hydrogen-bond donors (Lipinski definition) is 0. The summed E-state index contributed by atoms with van der Waals surface area (Å²) in [6, 6.07) is 14.7. The summed E-state index contributed by atoms with van der Waals surface area (Å²) < 4.78 is 13.0. The van der Waals surface area contributed by atoms with Crippen LogP contribution < -0.4 is 0 Å². The summed E-state index contributed by atoms with van der Waals surface area (Å²) in [4.78, 5) is 0. The van der Waals surface area contributed by atoms with Crippen molar-refractivity contribution in [1.29, 1.82) is 0 Å². The van der Waals surface area contributed by atoms with E-state index in [1.165, 1.54) is 12.1 Å². The van der Waals surface area contributed by atoms with Crippen molar-refractivity contribution >= 4 is 5.57 Å². The van der Waals surface area contributed by atoms with Gasteiger partial charge in [-0.05, 0) is 41.3 Å². The van der Waals surface area contributed by atoms with Crippen LogP contribution in [-0.4, -0.2) is 0 Å². The molecule has 1 heteroatoms. The van der Waals surface area contributed by atoms with E-state index >= 15 is 0 Å². The fourth-order valence-corrected chi connectivity index (χ4v) is 1.76. The topological polar surface area (TPSA) is 0 Å². The molecule has 0 radical (unpaired) electrons. The zero-order valence-corrected chi connectivity index (χ0v) is 9.20. The maximum atomic E-state index is 13.0. The highest BCUT2D eigenvalue weighted by atomic mass is 19.1. The molecular formula is C15H13F. The van der Waals surface area contributed by atoms with Crippen LogP contribution >= 0.6 is 0 Å². The number of aryl methyl sites for hydroxylation is 1. The van der Waals surface area contributed by atoms with Crippen LogP contribution in [0.25, 0.3) is 5.57 Å². The normalized spacial score (nSPS) is 10.1. The number of benzene rings is 2. The van der Waals surface area contributed by atoms with Gasteiger partial charge in [0.15, 0.2) is 0 Å². The molecule has 2 aromatic rings. The third kappa shape index (κ3) is 2.03. The molecule has 0 aliphatic rings. The minimum Gasteiger partial charge on any atom is -0.207 e. The van der Waals surface area contributed by atoms with Crippen LogP contribution in [0.3, 0.4) is 0 Å². The van der Waals surface area contributed by atoms with Crippen LogP contribution in [0.2, 0.25) is 0 Å². The predicted molar refractivity (Wildman–Crippen MR) is 65.7 cm³/mol. The molecule has 0 amide bonds. The second-order valence-electron chi connectivity index (χ2n) is 3.80. The summed E-state index contributed by atoms with van der Waals surface area (Å²) in [5.74, 6) is -0.206. The second kappa shape index (κ2) is 4.31. The Hall–Kier alpha value is -1.89. The van der Waals surface area contributed by atoms with E-state index in [1.807, 2.05) is 37.3 Å². The summed E-state index contributed by atoms with van der Waals surface area (Å²) in [5.41, 5.74) is 3.90. The highest BCUT2D eigenvalue weighted by Crippen LogP contribution is 2.24. The van der Waals surface area contributed by atoms with Crippen molar-refractivity contribution in [2.45, 2.75) is 6.92 Å². The second-order valence-corrected chi connectivity index (χ2v) is 3.80. The predicted octanol–water partition coefficient (Wildman–Crippen LogP) is 4.20. The van der Waals surface area contributed by atoms with E-state index in [2.05, 4.69) is 6.58 Å². The summed E-state index contributed by atoms with van der Waals surface area (Å²) >= 11 is 0. The van der Waals surface area contributed by atoms with Gasteiger partial charge >= 0.3 is 0 Å². The molecule has 16 heavy (non-hydrogen) atoms. The molecule has 0 aliphatic carbocycles. The van der Waals surface area contributed by atoms with Crippen molar-refractivity contribution in [1.82, 2.24) is 0 Å². The summed E-state index contributed by atoms with van der Waals surface area (Å²) in [6.45, 7) is 5.96. The van der Waals surface area contributed by atoms with Gasteiger partial charge in [0.1, 0.15) is 5.82 Å².